The van der Waals surface area contributed by atoms with Crippen molar-refractivity contribution in [3.05, 3.63) is 32.4 Å². The molecular weight excluding hydrogens is 521 g/mol. The molecule has 1 atom stereocenters. The third-order valence-electron chi connectivity index (χ3n) is 7.69. The largest absolute Gasteiger partial charge is 0.342 e. The number of rotatable bonds is 7. The third kappa shape index (κ3) is 5.58. The highest BCUT2D eigenvalue weighted by atomic mass is 127. The van der Waals surface area contributed by atoms with Gasteiger partial charge >= 0.3 is 0 Å². The molecule has 4 rings (SSSR count). The van der Waals surface area contributed by atoms with Crippen LogP contribution in [0.25, 0.3) is 0 Å². The molecule has 1 aromatic carbocycles. The number of nitrogens with zero attached hydrogens (tertiary/aromatic N) is 1. The Morgan fingerprint density at radius 2 is 1.71 bits per heavy atom. The van der Waals surface area contributed by atoms with Crippen molar-refractivity contribution in [3.8, 4) is 0 Å². The molecule has 1 aliphatic heterocycles. The summed E-state index contributed by atoms with van der Waals surface area (Å²) in [5.41, 5.74) is 0.300. The van der Waals surface area contributed by atoms with Crippen molar-refractivity contribution in [2.45, 2.75) is 95.6 Å². The molecule has 1 heterocycles. The predicted molar refractivity (Wildman–Crippen MR) is 135 cm³/mol. The van der Waals surface area contributed by atoms with E-state index >= 15 is 0 Å². The quantitative estimate of drug-likeness (QED) is 0.360. The lowest BCUT2D eigenvalue weighted by atomic mass is 9.75. The number of benzene rings is 1. The number of halogens is 2. The zero-order chi connectivity index (χ0) is 21.8. The Hall–Kier alpha value is -0.820. The molecule has 3 aliphatic rings. The second-order valence-electron chi connectivity index (χ2n) is 9.93. The van der Waals surface area contributed by atoms with Crippen LogP contribution in [0, 0.1) is 20.8 Å². The van der Waals surface area contributed by atoms with Crippen LogP contribution in [0.5, 0.6) is 0 Å². The van der Waals surface area contributed by atoms with E-state index in [9.17, 15) is 4.79 Å². The van der Waals surface area contributed by atoms with Gasteiger partial charge in [0.05, 0.1) is 6.54 Å². The number of carbonyl (C=O) groups excluding carboxylic acids is 1. The van der Waals surface area contributed by atoms with Crippen molar-refractivity contribution in [1.29, 1.82) is 5.41 Å². The van der Waals surface area contributed by atoms with Crippen LogP contribution in [-0.4, -0.2) is 22.3 Å². The van der Waals surface area contributed by atoms with Gasteiger partial charge in [0.1, 0.15) is 5.54 Å². The van der Waals surface area contributed by atoms with Crippen LogP contribution in [0.2, 0.25) is 5.02 Å². The third-order valence-corrected chi connectivity index (χ3v) is 8.71. The Bertz CT molecular complexity index is 804. The average Bonchev–Trinajstić information content (AvgIpc) is 3.00. The number of carbonyl (C=O) groups is 1. The van der Waals surface area contributed by atoms with Gasteiger partial charge in [0.2, 0.25) is 0 Å². The average molecular weight is 556 g/mol. The fourth-order valence-corrected chi connectivity index (χ4v) is 6.81. The summed E-state index contributed by atoms with van der Waals surface area (Å²) in [5.74, 6) is 1.67. The van der Waals surface area contributed by atoms with E-state index in [1.54, 1.807) is 4.90 Å². The summed E-state index contributed by atoms with van der Waals surface area (Å²) in [7, 11) is 0. The molecule has 0 spiro atoms. The fourth-order valence-electron chi connectivity index (χ4n) is 5.90. The molecule has 0 unspecified atom stereocenters. The topological polar surface area (TPSA) is 56.2 Å². The molecule has 0 aromatic heterocycles. The van der Waals surface area contributed by atoms with Crippen LogP contribution < -0.4 is 5.32 Å². The van der Waals surface area contributed by atoms with Crippen LogP contribution in [-0.2, 0) is 11.3 Å². The molecule has 2 aliphatic carbocycles. The molecular formula is C25H35ClIN3O. The van der Waals surface area contributed by atoms with Gasteiger partial charge in [-0.1, -0.05) is 81.9 Å². The fraction of sp³-hybridized carbons (Fsp3) is 0.680. The van der Waals surface area contributed by atoms with E-state index < -0.39 is 5.54 Å². The molecule has 1 aromatic rings. The Labute approximate surface area is 205 Å². The van der Waals surface area contributed by atoms with E-state index in [4.69, 9.17) is 17.0 Å². The van der Waals surface area contributed by atoms with Crippen molar-refractivity contribution >= 4 is 46.1 Å². The van der Waals surface area contributed by atoms with Gasteiger partial charge in [-0.05, 0) is 71.4 Å². The maximum absolute atomic E-state index is 13.8. The first-order valence-corrected chi connectivity index (χ1v) is 13.6. The normalized spacial score (nSPS) is 25.8. The first-order valence-electron chi connectivity index (χ1n) is 12.1. The molecule has 4 nitrogen and oxygen atoms in total. The summed E-state index contributed by atoms with van der Waals surface area (Å²) in [5, 5.41) is 12.7. The van der Waals surface area contributed by atoms with Crippen molar-refractivity contribution < 1.29 is 4.79 Å². The van der Waals surface area contributed by atoms with Crippen LogP contribution in [0.1, 0.15) is 89.0 Å². The van der Waals surface area contributed by atoms with Crippen LogP contribution in [0.15, 0.2) is 18.2 Å². The van der Waals surface area contributed by atoms with E-state index in [2.05, 4.69) is 27.9 Å². The number of hydrogen-bond donors (Lipinski definition) is 2. The van der Waals surface area contributed by atoms with Crippen molar-refractivity contribution in [2.75, 3.05) is 0 Å². The molecule has 0 bridgehead atoms. The van der Waals surface area contributed by atoms with Crippen molar-refractivity contribution in [1.82, 2.24) is 10.2 Å². The van der Waals surface area contributed by atoms with E-state index in [-0.39, 0.29) is 11.9 Å². The van der Waals surface area contributed by atoms with E-state index in [0.29, 0.717) is 17.5 Å². The number of guanidine groups is 1. The van der Waals surface area contributed by atoms with Crippen LogP contribution in [0.4, 0.5) is 0 Å². The van der Waals surface area contributed by atoms with Gasteiger partial charge in [-0.2, -0.15) is 0 Å². The van der Waals surface area contributed by atoms with E-state index in [0.717, 1.165) is 34.3 Å². The highest BCUT2D eigenvalue weighted by Gasteiger charge is 2.50. The maximum atomic E-state index is 13.8. The summed E-state index contributed by atoms with van der Waals surface area (Å²) in [6.07, 6.45) is 15.7. The van der Waals surface area contributed by atoms with Gasteiger partial charge in [0, 0.05) is 8.59 Å². The summed E-state index contributed by atoms with van der Waals surface area (Å²) in [6, 6.07) is 5.92. The van der Waals surface area contributed by atoms with Crippen molar-refractivity contribution in [2.24, 2.45) is 11.8 Å². The molecule has 2 saturated carbocycles. The minimum absolute atomic E-state index is 0.0912. The Kier molecular flexibility index (Phi) is 7.84. The molecule has 2 N–H and O–H groups in total. The molecule has 31 heavy (non-hydrogen) atoms. The van der Waals surface area contributed by atoms with Gasteiger partial charge in [-0.3, -0.25) is 15.1 Å². The Balaban J connectivity index is 1.52. The zero-order valence-corrected chi connectivity index (χ0v) is 21.3. The smallest absolute Gasteiger partial charge is 0.255 e. The second-order valence-corrected chi connectivity index (χ2v) is 11.6. The lowest BCUT2D eigenvalue weighted by molar-refractivity contribution is -0.132. The predicted octanol–water partition coefficient (Wildman–Crippen LogP) is 6.88. The van der Waals surface area contributed by atoms with Crippen LogP contribution >= 0.6 is 34.2 Å². The van der Waals surface area contributed by atoms with E-state index in [1.807, 2.05) is 18.2 Å². The van der Waals surface area contributed by atoms with Gasteiger partial charge in [-0.25, -0.2) is 0 Å². The Morgan fingerprint density at radius 3 is 2.35 bits per heavy atom. The number of amides is 1. The molecule has 3 fully saturated rings. The van der Waals surface area contributed by atoms with Gasteiger partial charge in [-0.15, -0.1) is 0 Å². The lowest BCUT2D eigenvalue weighted by Gasteiger charge is -2.34. The highest BCUT2D eigenvalue weighted by molar-refractivity contribution is 14.1. The standard InChI is InChI=1S/C25H35ClIN3O/c26-22-15-21(27)12-11-20(22)17-30-23(31)25(29-24(30)28,16-19-9-5-2-6-10-19)14-13-18-7-3-1-4-8-18/h11-12,15,18-19H,1-10,13-14,16-17H2,(H2,28,29)/t25-/m1/s1. The van der Waals surface area contributed by atoms with E-state index in [1.165, 1.54) is 64.2 Å². The Morgan fingerprint density at radius 1 is 1.06 bits per heavy atom. The lowest BCUT2D eigenvalue weighted by Crippen LogP contribution is -2.49. The summed E-state index contributed by atoms with van der Waals surface area (Å²) < 4.78 is 1.08. The zero-order valence-electron chi connectivity index (χ0n) is 18.4. The minimum Gasteiger partial charge on any atom is -0.342 e. The van der Waals surface area contributed by atoms with Gasteiger partial charge < -0.3 is 5.32 Å². The van der Waals surface area contributed by atoms with Gasteiger partial charge in [0.25, 0.3) is 5.91 Å². The number of hydrogen-bond acceptors (Lipinski definition) is 2. The molecule has 170 valence electrons. The monoisotopic (exact) mass is 555 g/mol. The summed E-state index contributed by atoms with van der Waals surface area (Å²) in [4.78, 5) is 15.5. The highest BCUT2D eigenvalue weighted by Crippen LogP contribution is 2.39. The second kappa shape index (κ2) is 10.4. The van der Waals surface area contributed by atoms with Gasteiger partial charge in [0.15, 0.2) is 5.96 Å². The molecule has 1 amide bonds. The minimum atomic E-state index is -0.605. The van der Waals surface area contributed by atoms with Crippen molar-refractivity contribution in [3.63, 3.8) is 0 Å². The summed E-state index contributed by atoms with van der Waals surface area (Å²) in [6.45, 7) is 0.371. The van der Waals surface area contributed by atoms with Crippen LogP contribution in [0.3, 0.4) is 0 Å². The first-order chi connectivity index (χ1) is 15.0. The maximum Gasteiger partial charge on any atom is 0.255 e. The molecule has 0 radical (unpaired) electrons. The molecule has 1 saturated heterocycles. The number of nitrogens with one attached hydrogen (secondary N) is 2. The first kappa shape index (κ1) is 23.3. The summed E-state index contributed by atoms with van der Waals surface area (Å²) >= 11 is 8.70. The molecule has 6 heteroatoms. The SMILES string of the molecule is N=C1N[C@](CCC2CCCCC2)(CC2CCCCC2)C(=O)N1Cc1ccc(I)cc1Cl.